The van der Waals surface area contributed by atoms with Crippen molar-refractivity contribution in [2.24, 2.45) is 0 Å². The molecule has 162 valence electrons. The summed E-state index contributed by atoms with van der Waals surface area (Å²) in [5.41, 5.74) is 6.65. The van der Waals surface area contributed by atoms with Gasteiger partial charge in [0.25, 0.3) is 0 Å². The van der Waals surface area contributed by atoms with Gasteiger partial charge in [-0.05, 0) is 63.1 Å². The van der Waals surface area contributed by atoms with E-state index in [-0.39, 0.29) is 23.4 Å². The fourth-order valence-corrected chi connectivity index (χ4v) is 3.36. The highest BCUT2D eigenvalue weighted by Crippen LogP contribution is 2.35. The number of rotatable bonds is 3. The SMILES string of the molecule is CC(C)(C)OC(=O)N1CCC(c2ccc(Nc3cc(C(F)(F)F)ccc3N)cc2)C1. The van der Waals surface area contributed by atoms with Gasteiger partial charge < -0.3 is 20.7 Å². The van der Waals surface area contributed by atoms with Gasteiger partial charge in [-0.25, -0.2) is 4.79 Å². The maximum Gasteiger partial charge on any atom is 0.416 e. The van der Waals surface area contributed by atoms with Crippen LogP contribution in [0.1, 0.15) is 44.2 Å². The van der Waals surface area contributed by atoms with Crippen molar-refractivity contribution in [3.05, 3.63) is 53.6 Å². The van der Waals surface area contributed by atoms with Crippen molar-refractivity contribution in [1.82, 2.24) is 4.90 Å². The number of nitrogen functional groups attached to an aromatic ring is 1. The topological polar surface area (TPSA) is 67.6 Å². The summed E-state index contributed by atoms with van der Waals surface area (Å²) in [4.78, 5) is 13.9. The second-order valence-corrected chi connectivity index (χ2v) is 8.46. The highest BCUT2D eigenvalue weighted by Gasteiger charge is 2.31. The van der Waals surface area contributed by atoms with Gasteiger partial charge in [-0.3, -0.25) is 0 Å². The number of nitrogens with one attached hydrogen (secondary N) is 1. The van der Waals surface area contributed by atoms with E-state index < -0.39 is 17.3 Å². The number of amides is 1. The zero-order chi connectivity index (χ0) is 22.1. The van der Waals surface area contributed by atoms with Crippen LogP contribution in [0.3, 0.4) is 0 Å². The lowest BCUT2D eigenvalue weighted by molar-refractivity contribution is -0.137. The molecule has 8 heteroatoms. The Bertz CT molecular complexity index is 905. The number of nitrogens with two attached hydrogens (primary N) is 1. The van der Waals surface area contributed by atoms with E-state index in [4.69, 9.17) is 10.5 Å². The summed E-state index contributed by atoms with van der Waals surface area (Å²) in [7, 11) is 0. The maximum absolute atomic E-state index is 12.9. The molecule has 0 saturated carbocycles. The number of alkyl halides is 3. The van der Waals surface area contributed by atoms with E-state index in [1.807, 2.05) is 32.9 Å². The molecular formula is C22H26F3N3O2. The summed E-state index contributed by atoms with van der Waals surface area (Å²) < 4.78 is 44.2. The first-order valence-electron chi connectivity index (χ1n) is 9.74. The molecule has 0 radical (unpaired) electrons. The van der Waals surface area contributed by atoms with Gasteiger partial charge >= 0.3 is 12.3 Å². The van der Waals surface area contributed by atoms with Crippen LogP contribution < -0.4 is 11.1 Å². The molecule has 1 unspecified atom stereocenters. The van der Waals surface area contributed by atoms with Gasteiger partial charge in [0.05, 0.1) is 16.9 Å². The van der Waals surface area contributed by atoms with Crippen LogP contribution in [0.15, 0.2) is 42.5 Å². The average Bonchev–Trinajstić information content (AvgIpc) is 3.12. The van der Waals surface area contributed by atoms with Crippen LogP contribution in [0.5, 0.6) is 0 Å². The summed E-state index contributed by atoms with van der Waals surface area (Å²) >= 11 is 0. The largest absolute Gasteiger partial charge is 0.444 e. The monoisotopic (exact) mass is 421 g/mol. The van der Waals surface area contributed by atoms with Crippen LogP contribution in [0.2, 0.25) is 0 Å². The number of likely N-dealkylation sites (tertiary alicyclic amines) is 1. The minimum absolute atomic E-state index is 0.185. The highest BCUT2D eigenvalue weighted by atomic mass is 19.4. The molecule has 1 fully saturated rings. The van der Waals surface area contributed by atoms with Gasteiger partial charge in [0.2, 0.25) is 0 Å². The van der Waals surface area contributed by atoms with Gasteiger partial charge in [-0.15, -0.1) is 0 Å². The molecule has 0 aromatic heterocycles. The van der Waals surface area contributed by atoms with Crippen LogP contribution in [0.4, 0.5) is 35.0 Å². The third-order valence-electron chi connectivity index (χ3n) is 4.88. The molecule has 30 heavy (non-hydrogen) atoms. The number of ether oxygens (including phenoxy) is 1. The fraction of sp³-hybridized carbons (Fsp3) is 0.409. The number of nitrogens with zero attached hydrogens (tertiary/aromatic N) is 1. The summed E-state index contributed by atoms with van der Waals surface area (Å²) in [5.74, 6) is 0.185. The fourth-order valence-electron chi connectivity index (χ4n) is 3.36. The standard InChI is InChI=1S/C22H26F3N3O2/c1-21(2,3)30-20(29)28-11-10-15(13-28)14-4-7-17(8-5-14)27-19-12-16(22(23,24)25)6-9-18(19)26/h4-9,12,15,27H,10-11,13,26H2,1-3H3. The van der Waals surface area contributed by atoms with Gasteiger partial charge in [0, 0.05) is 24.7 Å². The Morgan fingerprint density at radius 3 is 2.40 bits per heavy atom. The average molecular weight is 421 g/mol. The Kier molecular flexibility index (Phi) is 5.87. The lowest BCUT2D eigenvalue weighted by Crippen LogP contribution is -2.35. The number of carbonyl (C=O) groups excluding carboxylic acids is 1. The highest BCUT2D eigenvalue weighted by molar-refractivity contribution is 5.73. The van der Waals surface area contributed by atoms with Gasteiger partial charge in [-0.1, -0.05) is 12.1 Å². The molecule has 5 nitrogen and oxygen atoms in total. The van der Waals surface area contributed by atoms with Crippen LogP contribution in [-0.2, 0) is 10.9 Å². The number of carbonyl (C=O) groups is 1. The van der Waals surface area contributed by atoms with Crippen LogP contribution >= 0.6 is 0 Å². The summed E-state index contributed by atoms with van der Waals surface area (Å²) in [6.07, 6.45) is -3.92. The minimum atomic E-state index is -4.43. The van der Waals surface area contributed by atoms with E-state index in [2.05, 4.69) is 5.32 Å². The Balaban J connectivity index is 1.66. The van der Waals surface area contributed by atoms with Crippen LogP contribution in [0, 0.1) is 0 Å². The Labute approximate surface area is 174 Å². The van der Waals surface area contributed by atoms with Crippen LogP contribution in [0.25, 0.3) is 0 Å². The molecule has 3 rings (SSSR count). The minimum Gasteiger partial charge on any atom is -0.444 e. The molecule has 1 saturated heterocycles. The predicted molar refractivity (Wildman–Crippen MR) is 111 cm³/mol. The smallest absolute Gasteiger partial charge is 0.416 e. The van der Waals surface area contributed by atoms with E-state index in [1.54, 1.807) is 17.0 Å². The van der Waals surface area contributed by atoms with Crippen molar-refractivity contribution in [3.63, 3.8) is 0 Å². The number of benzene rings is 2. The molecule has 3 N–H and O–H groups in total. The van der Waals surface area contributed by atoms with Gasteiger partial charge in [0.15, 0.2) is 0 Å². The van der Waals surface area contributed by atoms with E-state index >= 15 is 0 Å². The van der Waals surface area contributed by atoms with Crippen molar-refractivity contribution in [2.75, 3.05) is 24.1 Å². The zero-order valence-electron chi connectivity index (χ0n) is 17.2. The Hall–Kier alpha value is -2.90. The lowest BCUT2D eigenvalue weighted by atomic mass is 9.98. The maximum atomic E-state index is 12.9. The molecule has 1 heterocycles. The number of hydrogen-bond acceptors (Lipinski definition) is 4. The molecule has 2 aromatic carbocycles. The zero-order valence-corrected chi connectivity index (χ0v) is 17.2. The molecule has 1 aliphatic heterocycles. The normalized spacial score (nSPS) is 17.1. The molecule has 1 aliphatic rings. The third-order valence-corrected chi connectivity index (χ3v) is 4.88. The van der Waals surface area contributed by atoms with Gasteiger partial charge in [-0.2, -0.15) is 13.2 Å². The number of anilines is 3. The quantitative estimate of drug-likeness (QED) is 0.619. The first-order chi connectivity index (χ1) is 13.9. The first kappa shape index (κ1) is 21.8. The van der Waals surface area contributed by atoms with Crippen molar-refractivity contribution in [1.29, 1.82) is 0 Å². The Morgan fingerprint density at radius 1 is 1.13 bits per heavy atom. The molecule has 0 aliphatic carbocycles. The summed E-state index contributed by atoms with van der Waals surface area (Å²) in [6, 6.07) is 10.6. The van der Waals surface area contributed by atoms with E-state index in [1.165, 1.54) is 6.07 Å². The van der Waals surface area contributed by atoms with Crippen LogP contribution in [-0.4, -0.2) is 29.7 Å². The molecule has 0 spiro atoms. The number of hydrogen-bond donors (Lipinski definition) is 2. The first-order valence-corrected chi connectivity index (χ1v) is 9.74. The van der Waals surface area contributed by atoms with E-state index in [0.29, 0.717) is 18.8 Å². The third kappa shape index (κ3) is 5.37. The summed E-state index contributed by atoms with van der Waals surface area (Å²) in [6.45, 7) is 6.70. The molecule has 1 atom stereocenters. The molecule has 1 amide bonds. The molecule has 0 bridgehead atoms. The molecule has 2 aromatic rings. The van der Waals surface area contributed by atoms with Crippen molar-refractivity contribution in [2.45, 2.75) is 44.9 Å². The predicted octanol–water partition coefficient (Wildman–Crippen LogP) is 5.76. The van der Waals surface area contributed by atoms with Crippen molar-refractivity contribution in [3.8, 4) is 0 Å². The second kappa shape index (κ2) is 8.08. The van der Waals surface area contributed by atoms with Crippen molar-refractivity contribution < 1.29 is 22.7 Å². The second-order valence-electron chi connectivity index (χ2n) is 8.46. The number of halogens is 3. The lowest BCUT2D eigenvalue weighted by Gasteiger charge is -2.24. The Morgan fingerprint density at radius 2 is 1.80 bits per heavy atom. The van der Waals surface area contributed by atoms with E-state index in [9.17, 15) is 18.0 Å². The van der Waals surface area contributed by atoms with Crippen molar-refractivity contribution >= 4 is 23.2 Å². The van der Waals surface area contributed by atoms with E-state index in [0.717, 1.165) is 24.1 Å². The summed E-state index contributed by atoms with van der Waals surface area (Å²) in [5, 5.41) is 2.95. The van der Waals surface area contributed by atoms with Gasteiger partial charge in [0.1, 0.15) is 5.60 Å². The molecular weight excluding hydrogens is 395 g/mol.